The monoisotopic (exact) mass is 167 g/mol. The first-order chi connectivity index (χ1) is 5.84. The average molecular weight is 167 g/mol. The molecule has 0 radical (unpaired) electrons. The summed E-state index contributed by atoms with van der Waals surface area (Å²) in [5.41, 5.74) is 0. The van der Waals surface area contributed by atoms with Gasteiger partial charge in [0, 0.05) is 19.5 Å². The van der Waals surface area contributed by atoms with E-state index in [2.05, 4.69) is 6.58 Å². The largest absolute Gasteiger partial charge is 0.342 e. The minimum absolute atomic E-state index is 0.328. The van der Waals surface area contributed by atoms with Gasteiger partial charge in [-0.1, -0.05) is 12.5 Å². The zero-order chi connectivity index (χ0) is 8.81. The van der Waals surface area contributed by atoms with E-state index >= 15 is 0 Å². The predicted octanol–water partition coefficient (Wildman–Crippen LogP) is 1.97. The Hall–Kier alpha value is -0.790. The van der Waals surface area contributed by atoms with Crippen molar-refractivity contribution < 1.29 is 4.79 Å². The zero-order valence-electron chi connectivity index (χ0n) is 7.59. The van der Waals surface area contributed by atoms with Crippen molar-refractivity contribution in [2.75, 3.05) is 13.1 Å². The second-order valence-corrected chi connectivity index (χ2v) is 3.27. The SMILES string of the molecule is C=CCCN1CCCCCC1=O. The first kappa shape index (κ1) is 9.30. The molecule has 68 valence electrons. The van der Waals surface area contributed by atoms with Crippen molar-refractivity contribution in [1.82, 2.24) is 4.90 Å². The van der Waals surface area contributed by atoms with Crippen LogP contribution in [0.25, 0.3) is 0 Å². The van der Waals surface area contributed by atoms with Crippen LogP contribution in [-0.4, -0.2) is 23.9 Å². The summed E-state index contributed by atoms with van der Waals surface area (Å²) in [6.07, 6.45) is 6.99. The maximum Gasteiger partial charge on any atom is 0.222 e. The van der Waals surface area contributed by atoms with E-state index in [-0.39, 0.29) is 0 Å². The molecule has 0 aliphatic carbocycles. The molecular formula is C10H17NO. The van der Waals surface area contributed by atoms with Gasteiger partial charge in [0.2, 0.25) is 5.91 Å². The first-order valence-electron chi connectivity index (χ1n) is 4.73. The van der Waals surface area contributed by atoms with Gasteiger partial charge in [0.1, 0.15) is 0 Å². The molecule has 1 amide bonds. The lowest BCUT2D eigenvalue weighted by Crippen LogP contribution is -2.30. The summed E-state index contributed by atoms with van der Waals surface area (Å²) in [4.78, 5) is 13.4. The summed E-state index contributed by atoms with van der Waals surface area (Å²) >= 11 is 0. The molecule has 1 saturated heterocycles. The molecule has 0 aromatic carbocycles. The molecule has 0 atom stereocenters. The highest BCUT2D eigenvalue weighted by Gasteiger charge is 2.14. The van der Waals surface area contributed by atoms with E-state index in [9.17, 15) is 4.79 Å². The molecule has 0 bridgehead atoms. The first-order valence-corrected chi connectivity index (χ1v) is 4.73. The van der Waals surface area contributed by atoms with Crippen molar-refractivity contribution in [3.63, 3.8) is 0 Å². The summed E-state index contributed by atoms with van der Waals surface area (Å²) in [7, 11) is 0. The van der Waals surface area contributed by atoms with Crippen LogP contribution in [0.5, 0.6) is 0 Å². The highest BCUT2D eigenvalue weighted by Crippen LogP contribution is 2.11. The summed E-state index contributed by atoms with van der Waals surface area (Å²) < 4.78 is 0. The second kappa shape index (κ2) is 4.96. The molecule has 0 N–H and O–H groups in total. The van der Waals surface area contributed by atoms with Crippen LogP contribution in [-0.2, 0) is 4.79 Å². The minimum atomic E-state index is 0.328. The third-order valence-corrected chi connectivity index (χ3v) is 2.27. The number of hydrogen-bond acceptors (Lipinski definition) is 1. The van der Waals surface area contributed by atoms with Gasteiger partial charge in [0.05, 0.1) is 0 Å². The van der Waals surface area contributed by atoms with E-state index in [0.717, 1.165) is 32.4 Å². The summed E-state index contributed by atoms with van der Waals surface area (Å²) in [6.45, 7) is 5.47. The molecular weight excluding hydrogens is 150 g/mol. The standard InChI is InChI=1S/C10H17NO/c1-2-3-8-11-9-6-4-5-7-10(11)12/h2H,1,3-9H2. The highest BCUT2D eigenvalue weighted by atomic mass is 16.2. The van der Waals surface area contributed by atoms with Crippen molar-refractivity contribution >= 4 is 5.91 Å². The molecule has 0 aromatic rings. The van der Waals surface area contributed by atoms with Crippen LogP contribution in [0.3, 0.4) is 0 Å². The predicted molar refractivity (Wildman–Crippen MR) is 49.9 cm³/mol. The van der Waals surface area contributed by atoms with E-state index in [4.69, 9.17) is 0 Å². The van der Waals surface area contributed by atoms with Gasteiger partial charge in [0.15, 0.2) is 0 Å². The topological polar surface area (TPSA) is 20.3 Å². The lowest BCUT2D eigenvalue weighted by molar-refractivity contribution is -0.130. The van der Waals surface area contributed by atoms with Crippen LogP contribution in [0.1, 0.15) is 32.1 Å². The van der Waals surface area contributed by atoms with Crippen molar-refractivity contribution in [2.24, 2.45) is 0 Å². The Morgan fingerprint density at radius 1 is 1.42 bits per heavy atom. The molecule has 0 unspecified atom stereocenters. The number of likely N-dealkylation sites (tertiary alicyclic amines) is 1. The van der Waals surface area contributed by atoms with Gasteiger partial charge >= 0.3 is 0 Å². The number of carbonyl (C=O) groups is 1. The van der Waals surface area contributed by atoms with E-state index in [1.54, 1.807) is 0 Å². The zero-order valence-corrected chi connectivity index (χ0v) is 7.59. The highest BCUT2D eigenvalue weighted by molar-refractivity contribution is 5.76. The Kier molecular flexibility index (Phi) is 3.85. The lowest BCUT2D eigenvalue weighted by atomic mass is 10.2. The van der Waals surface area contributed by atoms with Crippen molar-refractivity contribution in [3.8, 4) is 0 Å². The van der Waals surface area contributed by atoms with Crippen molar-refractivity contribution in [2.45, 2.75) is 32.1 Å². The molecule has 0 aromatic heterocycles. The number of hydrogen-bond donors (Lipinski definition) is 0. The number of rotatable bonds is 3. The van der Waals surface area contributed by atoms with Crippen molar-refractivity contribution in [3.05, 3.63) is 12.7 Å². The van der Waals surface area contributed by atoms with Crippen LogP contribution in [0, 0.1) is 0 Å². The Morgan fingerprint density at radius 2 is 2.25 bits per heavy atom. The van der Waals surface area contributed by atoms with E-state index in [1.165, 1.54) is 12.8 Å². The fraction of sp³-hybridized carbons (Fsp3) is 0.700. The molecule has 1 aliphatic rings. The molecule has 1 heterocycles. The molecule has 1 aliphatic heterocycles. The molecule has 1 fully saturated rings. The van der Waals surface area contributed by atoms with Crippen LogP contribution >= 0.6 is 0 Å². The fourth-order valence-corrected chi connectivity index (χ4v) is 1.52. The number of carbonyl (C=O) groups excluding carboxylic acids is 1. The number of amides is 1. The van der Waals surface area contributed by atoms with Gasteiger partial charge < -0.3 is 4.90 Å². The molecule has 0 saturated carbocycles. The maximum atomic E-state index is 11.4. The molecule has 0 spiro atoms. The van der Waals surface area contributed by atoms with E-state index in [0.29, 0.717) is 5.91 Å². The quantitative estimate of drug-likeness (QED) is 0.588. The maximum absolute atomic E-state index is 11.4. The van der Waals surface area contributed by atoms with Gasteiger partial charge in [-0.2, -0.15) is 0 Å². The van der Waals surface area contributed by atoms with Crippen molar-refractivity contribution in [1.29, 1.82) is 0 Å². The molecule has 12 heavy (non-hydrogen) atoms. The van der Waals surface area contributed by atoms with Gasteiger partial charge in [-0.25, -0.2) is 0 Å². The van der Waals surface area contributed by atoms with Gasteiger partial charge in [-0.15, -0.1) is 6.58 Å². The van der Waals surface area contributed by atoms with Crippen LogP contribution in [0.15, 0.2) is 12.7 Å². The Balaban J connectivity index is 2.36. The lowest BCUT2D eigenvalue weighted by Gasteiger charge is -2.19. The molecule has 2 heteroatoms. The average Bonchev–Trinajstić information content (AvgIpc) is 2.27. The second-order valence-electron chi connectivity index (χ2n) is 3.27. The van der Waals surface area contributed by atoms with Gasteiger partial charge in [-0.3, -0.25) is 4.79 Å². The number of nitrogens with zero attached hydrogens (tertiary/aromatic N) is 1. The summed E-state index contributed by atoms with van der Waals surface area (Å²) in [6, 6.07) is 0. The molecule has 1 rings (SSSR count). The third-order valence-electron chi connectivity index (χ3n) is 2.27. The third kappa shape index (κ3) is 2.68. The Morgan fingerprint density at radius 3 is 3.00 bits per heavy atom. The van der Waals surface area contributed by atoms with Crippen LogP contribution < -0.4 is 0 Å². The molecule has 2 nitrogen and oxygen atoms in total. The minimum Gasteiger partial charge on any atom is -0.342 e. The van der Waals surface area contributed by atoms with Crippen LogP contribution in [0.4, 0.5) is 0 Å². The fourth-order valence-electron chi connectivity index (χ4n) is 1.52. The normalized spacial score (nSPS) is 19.0. The van der Waals surface area contributed by atoms with E-state index < -0.39 is 0 Å². The van der Waals surface area contributed by atoms with E-state index in [1.807, 2.05) is 11.0 Å². The van der Waals surface area contributed by atoms with Gasteiger partial charge in [-0.05, 0) is 19.3 Å². The smallest absolute Gasteiger partial charge is 0.222 e. The summed E-state index contributed by atoms with van der Waals surface area (Å²) in [5.74, 6) is 0.328. The Labute approximate surface area is 74.2 Å². The van der Waals surface area contributed by atoms with Gasteiger partial charge in [0.25, 0.3) is 0 Å². The Bertz CT molecular complexity index is 165. The summed E-state index contributed by atoms with van der Waals surface area (Å²) in [5, 5.41) is 0. The van der Waals surface area contributed by atoms with Crippen LogP contribution in [0.2, 0.25) is 0 Å².